The number of esters is 1. The van der Waals surface area contributed by atoms with Gasteiger partial charge in [-0.15, -0.1) is 11.8 Å². The van der Waals surface area contributed by atoms with E-state index in [1.54, 1.807) is 11.8 Å². The molecule has 0 saturated heterocycles. The molecule has 0 N–H and O–H groups in total. The molecule has 0 bridgehead atoms. The second-order valence-electron chi connectivity index (χ2n) is 6.44. The van der Waals surface area contributed by atoms with Gasteiger partial charge in [0.25, 0.3) is 0 Å². The number of carbonyl (C=O) groups excluding carboxylic acids is 1. The lowest BCUT2D eigenvalue weighted by Crippen LogP contribution is -2.27. The van der Waals surface area contributed by atoms with Gasteiger partial charge >= 0.3 is 5.97 Å². The number of benzene rings is 2. The third-order valence-corrected chi connectivity index (χ3v) is 5.79. The molecule has 0 atom stereocenters. The first-order chi connectivity index (χ1) is 11.7. The minimum absolute atomic E-state index is 0.174. The van der Waals surface area contributed by atoms with E-state index in [1.165, 1.54) is 4.90 Å². The SMILES string of the molecule is CSc1ccc(C2=C(c3ccccc3)C(=O)OC23CCCC3)cc1. The van der Waals surface area contributed by atoms with Crippen molar-refractivity contribution in [1.82, 2.24) is 0 Å². The zero-order chi connectivity index (χ0) is 16.6. The van der Waals surface area contributed by atoms with Gasteiger partial charge in [-0.2, -0.15) is 0 Å². The average Bonchev–Trinajstić information content (AvgIpc) is 3.20. The summed E-state index contributed by atoms with van der Waals surface area (Å²) < 4.78 is 5.98. The molecular formula is C21H20O2S. The van der Waals surface area contributed by atoms with Crippen LogP contribution in [0.2, 0.25) is 0 Å². The molecule has 1 aliphatic heterocycles. The molecule has 1 heterocycles. The highest BCUT2D eigenvalue weighted by Gasteiger charge is 2.49. The number of carbonyl (C=O) groups is 1. The summed E-state index contributed by atoms with van der Waals surface area (Å²) >= 11 is 1.73. The van der Waals surface area contributed by atoms with E-state index in [4.69, 9.17) is 4.74 Å². The fourth-order valence-electron chi connectivity index (χ4n) is 3.94. The smallest absolute Gasteiger partial charge is 0.340 e. The molecule has 2 nitrogen and oxygen atoms in total. The summed E-state index contributed by atoms with van der Waals surface area (Å²) in [5.74, 6) is -0.174. The predicted molar refractivity (Wildman–Crippen MR) is 98.8 cm³/mol. The van der Waals surface area contributed by atoms with Crippen molar-refractivity contribution in [2.75, 3.05) is 6.26 Å². The van der Waals surface area contributed by atoms with Crippen molar-refractivity contribution < 1.29 is 9.53 Å². The number of ether oxygens (including phenoxy) is 1. The minimum atomic E-state index is -0.427. The van der Waals surface area contributed by atoms with Crippen LogP contribution < -0.4 is 0 Å². The molecule has 122 valence electrons. The molecule has 0 aromatic heterocycles. The van der Waals surface area contributed by atoms with Gasteiger partial charge in [0, 0.05) is 10.5 Å². The van der Waals surface area contributed by atoms with Crippen molar-refractivity contribution in [2.24, 2.45) is 0 Å². The number of thioether (sulfide) groups is 1. The van der Waals surface area contributed by atoms with Crippen LogP contribution in [0.4, 0.5) is 0 Å². The Morgan fingerprint density at radius 3 is 2.21 bits per heavy atom. The van der Waals surface area contributed by atoms with Crippen LogP contribution in [0.15, 0.2) is 59.5 Å². The summed E-state index contributed by atoms with van der Waals surface area (Å²) in [6.07, 6.45) is 6.15. The minimum Gasteiger partial charge on any atom is -0.451 e. The summed E-state index contributed by atoms with van der Waals surface area (Å²) in [5.41, 5.74) is 3.47. The molecule has 1 fully saturated rings. The first-order valence-corrected chi connectivity index (χ1v) is 9.64. The molecule has 0 unspecified atom stereocenters. The predicted octanol–water partition coefficient (Wildman–Crippen LogP) is 5.19. The number of hydrogen-bond acceptors (Lipinski definition) is 3. The van der Waals surface area contributed by atoms with Crippen LogP contribution in [0.1, 0.15) is 36.8 Å². The number of rotatable bonds is 3. The largest absolute Gasteiger partial charge is 0.451 e. The fourth-order valence-corrected chi connectivity index (χ4v) is 4.35. The van der Waals surface area contributed by atoms with E-state index >= 15 is 0 Å². The second-order valence-corrected chi connectivity index (χ2v) is 7.32. The molecule has 3 heteroatoms. The van der Waals surface area contributed by atoms with Gasteiger partial charge in [0.1, 0.15) is 5.60 Å². The summed E-state index contributed by atoms with van der Waals surface area (Å²) in [6, 6.07) is 18.4. The van der Waals surface area contributed by atoms with Crippen LogP contribution >= 0.6 is 11.8 Å². The molecule has 1 aliphatic carbocycles. The molecule has 2 aromatic carbocycles. The third kappa shape index (κ3) is 2.48. The highest BCUT2D eigenvalue weighted by Crippen LogP contribution is 2.52. The Balaban J connectivity index is 1.92. The Bertz CT molecular complexity index is 784. The zero-order valence-electron chi connectivity index (χ0n) is 13.7. The topological polar surface area (TPSA) is 26.3 Å². The van der Waals surface area contributed by atoms with E-state index in [0.717, 1.165) is 48.0 Å². The van der Waals surface area contributed by atoms with Crippen LogP contribution in [-0.4, -0.2) is 17.8 Å². The Hall–Kier alpha value is -2.00. The maximum Gasteiger partial charge on any atom is 0.340 e. The molecular weight excluding hydrogens is 316 g/mol. The molecule has 2 aromatic rings. The van der Waals surface area contributed by atoms with Crippen molar-refractivity contribution >= 4 is 28.9 Å². The lowest BCUT2D eigenvalue weighted by Gasteiger charge is -2.26. The van der Waals surface area contributed by atoms with Crippen LogP contribution in [0.3, 0.4) is 0 Å². The van der Waals surface area contributed by atoms with Crippen LogP contribution in [0.25, 0.3) is 11.1 Å². The summed E-state index contributed by atoms with van der Waals surface area (Å²) in [4.78, 5) is 14.0. The van der Waals surface area contributed by atoms with Crippen molar-refractivity contribution in [1.29, 1.82) is 0 Å². The van der Waals surface area contributed by atoms with Crippen molar-refractivity contribution in [3.8, 4) is 0 Å². The standard InChI is InChI=1S/C21H20O2S/c1-24-17-11-9-16(10-12-17)19-18(15-7-3-2-4-8-15)20(22)23-21(19)13-5-6-14-21/h2-4,7-12H,5-6,13-14H2,1H3. The molecule has 4 rings (SSSR count). The Kier molecular flexibility index (Phi) is 3.97. The normalized spacial score (nSPS) is 19.1. The van der Waals surface area contributed by atoms with Gasteiger partial charge in [0.15, 0.2) is 0 Å². The molecule has 2 aliphatic rings. The first-order valence-electron chi connectivity index (χ1n) is 8.41. The monoisotopic (exact) mass is 336 g/mol. The van der Waals surface area contributed by atoms with Gasteiger partial charge in [-0.1, -0.05) is 42.5 Å². The summed E-state index contributed by atoms with van der Waals surface area (Å²) in [5, 5.41) is 0. The average molecular weight is 336 g/mol. The summed E-state index contributed by atoms with van der Waals surface area (Å²) in [7, 11) is 0. The fraction of sp³-hybridized carbons (Fsp3) is 0.286. The van der Waals surface area contributed by atoms with Gasteiger partial charge in [0.05, 0.1) is 5.57 Å². The third-order valence-electron chi connectivity index (χ3n) is 5.05. The number of hydrogen-bond donors (Lipinski definition) is 0. The molecule has 24 heavy (non-hydrogen) atoms. The Morgan fingerprint density at radius 1 is 0.917 bits per heavy atom. The second kappa shape index (κ2) is 6.14. The van der Waals surface area contributed by atoms with E-state index in [2.05, 4.69) is 30.5 Å². The van der Waals surface area contributed by atoms with Crippen molar-refractivity contribution in [3.05, 3.63) is 65.7 Å². The van der Waals surface area contributed by atoms with E-state index in [1.807, 2.05) is 30.3 Å². The molecule has 1 saturated carbocycles. The zero-order valence-corrected chi connectivity index (χ0v) is 14.6. The van der Waals surface area contributed by atoms with Crippen LogP contribution in [0.5, 0.6) is 0 Å². The van der Waals surface area contributed by atoms with Crippen LogP contribution in [-0.2, 0) is 9.53 Å². The lowest BCUT2D eigenvalue weighted by molar-refractivity contribution is -0.143. The Morgan fingerprint density at radius 2 is 1.58 bits per heavy atom. The van der Waals surface area contributed by atoms with Gasteiger partial charge in [-0.3, -0.25) is 0 Å². The van der Waals surface area contributed by atoms with Crippen LogP contribution in [0, 0.1) is 0 Å². The van der Waals surface area contributed by atoms with Gasteiger partial charge in [-0.25, -0.2) is 4.79 Å². The quantitative estimate of drug-likeness (QED) is 0.570. The van der Waals surface area contributed by atoms with E-state index in [-0.39, 0.29) is 5.97 Å². The lowest BCUT2D eigenvalue weighted by atomic mass is 9.83. The molecule has 0 radical (unpaired) electrons. The molecule has 0 amide bonds. The van der Waals surface area contributed by atoms with Gasteiger partial charge in [0.2, 0.25) is 0 Å². The Labute approximate surface area is 146 Å². The maximum atomic E-state index is 12.8. The van der Waals surface area contributed by atoms with E-state index < -0.39 is 5.60 Å². The highest BCUT2D eigenvalue weighted by molar-refractivity contribution is 7.98. The van der Waals surface area contributed by atoms with Crippen molar-refractivity contribution in [2.45, 2.75) is 36.2 Å². The highest BCUT2D eigenvalue weighted by atomic mass is 32.2. The van der Waals surface area contributed by atoms with Crippen molar-refractivity contribution in [3.63, 3.8) is 0 Å². The van der Waals surface area contributed by atoms with Gasteiger partial charge < -0.3 is 4.74 Å². The first kappa shape index (κ1) is 15.5. The maximum absolute atomic E-state index is 12.8. The van der Waals surface area contributed by atoms with E-state index in [0.29, 0.717) is 0 Å². The van der Waals surface area contributed by atoms with E-state index in [9.17, 15) is 4.79 Å². The molecule has 1 spiro atoms. The van der Waals surface area contributed by atoms with Gasteiger partial charge in [-0.05, 0) is 55.2 Å². The summed E-state index contributed by atoms with van der Waals surface area (Å²) in [6.45, 7) is 0.